The van der Waals surface area contributed by atoms with Gasteiger partial charge in [0, 0.05) is 36.4 Å². The summed E-state index contributed by atoms with van der Waals surface area (Å²) in [4.78, 5) is 43.4. The molecular weight excluding hydrogens is 400 g/mol. The number of carbonyl (C=O) groups excluding carboxylic acids is 3. The molecule has 2 aromatic carbocycles. The van der Waals surface area contributed by atoms with Crippen LogP contribution in [0.15, 0.2) is 60.7 Å². The number of likely N-dealkylation sites (tertiary alicyclic amines) is 1. The van der Waals surface area contributed by atoms with E-state index < -0.39 is 16.2 Å². The fraction of sp³-hybridized carbons (Fsp3) is 0.444. The molecule has 5 heteroatoms. The smallest absolute Gasteiger partial charge is 0.234 e. The maximum Gasteiger partial charge on any atom is 0.234 e. The molecule has 2 aromatic rings. The molecule has 5 nitrogen and oxygen atoms in total. The summed E-state index contributed by atoms with van der Waals surface area (Å²) in [5.41, 5.74) is -0.115. The van der Waals surface area contributed by atoms with E-state index in [-0.39, 0.29) is 17.7 Å². The van der Waals surface area contributed by atoms with Crippen LogP contribution in [0.25, 0.3) is 0 Å². The largest absolute Gasteiger partial charge is 0.334 e. The van der Waals surface area contributed by atoms with Crippen LogP contribution in [0, 0.1) is 16.2 Å². The first-order valence-corrected chi connectivity index (χ1v) is 11.3. The average molecular weight is 433 g/mol. The van der Waals surface area contributed by atoms with Gasteiger partial charge in [-0.05, 0) is 30.4 Å². The second-order valence-electron chi connectivity index (χ2n) is 10.5. The van der Waals surface area contributed by atoms with Gasteiger partial charge >= 0.3 is 0 Å². The van der Waals surface area contributed by atoms with Crippen molar-refractivity contribution in [2.45, 2.75) is 53.1 Å². The van der Waals surface area contributed by atoms with Gasteiger partial charge in [0.2, 0.25) is 17.7 Å². The molecular formula is C27H32N2O3. The predicted octanol–water partition coefficient (Wildman–Crippen LogP) is 4.42. The number of carbonyl (C=O) groups is 3. The Labute approximate surface area is 190 Å². The number of imide groups is 1. The molecule has 1 aliphatic heterocycles. The van der Waals surface area contributed by atoms with Crippen LogP contribution in [-0.2, 0) is 27.5 Å². The third-order valence-electron chi connectivity index (χ3n) is 7.22. The fourth-order valence-electron chi connectivity index (χ4n) is 6.32. The molecule has 2 fully saturated rings. The average Bonchev–Trinajstić information content (AvgIpc) is 2.76. The van der Waals surface area contributed by atoms with E-state index in [2.05, 4.69) is 0 Å². The molecule has 32 heavy (non-hydrogen) atoms. The minimum Gasteiger partial charge on any atom is -0.334 e. The van der Waals surface area contributed by atoms with Crippen molar-refractivity contribution in [2.75, 3.05) is 7.05 Å². The van der Waals surface area contributed by atoms with E-state index in [1.54, 1.807) is 7.05 Å². The van der Waals surface area contributed by atoms with Crippen molar-refractivity contribution in [3.8, 4) is 0 Å². The Kier molecular flexibility index (Phi) is 5.48. The monoisotopic (exact) mass is 432 g/mol. The van der Waals surface area contributed by atoms with Crippen molar-refractivity contribution in [1.82, 2.24) is 9.80 Å². The predicted molar refractivity (Wildman–Crippen MR) is 123 cm³/mol. The van der Waals surface area contributed by atoms with Gasteiger partial charge in [-0.15, -0.1) is 0 Å². The zero-order valence-electron chi connectivity index (χ0n) is 19.4. The summed E-state index contributed by atoms with van der Waals surface area (Å²) in [7, 11) is 1.57. The minimum absolute atomic E-state index is 0.00695. The Morgan fingerprint density at radius 3 is 1.59 bits per heavy atom. The standard InChI is InChI=1S/C27H32N2O3/c1-25-17-26(2,23(31)28(4)22(25)30)19-27(3,18-25)24(32)29(15-20-11-7-5-8-12-20)16-21-13-9-6-10-14-21/h5-14H,15-19H2,1-4H3. The number of hydrogen-bond acceptors (Lipinski definition) is 3. The Bertz CT molecular complexity index is 964. The lowest BCUT2D eigenvalue weighted by Crippen LogP contribution is -2.64. The van der Waals surface area contributed by atoms with Gasteiger partial charge in [0.05, 0.1) is 0 Å². The third-order valence-corrected chi connectivity index (χ3v) is 7.22. The van der Waals surface area contributed by atoms with E-state index in [1.807, 2.05) is 86.3 Å². The highest BCUT2D eigenvalue weighted by Gasteiger charge is 2.62. The van der Waals surface area contributed by atoms with Crippen molar-refractivity contribution >= 4 is 17.7 Å². The van der Waals surface area contributed by atoms with Gasteiger partial charge in [0.25, 0.3) is 0 Å². The molecule has 3 amide bonds. The molecule has 0 aromatic heterocycles. The molecule has 4 rings (SSSR count). The number of hydrogen-bond donors (Lipinski definition) is 0. The van der Waals surface area contributed by atoms with E-state index >= 15 is 0 Å². The number of nitrogens with zero attached hydrogens (tertiary/aromatic N) is 2. The molecule has 2 unspecified atom stereocenters. The first-order chi connectivity index (χ1) is 15.1. The van der Waals surface area contributed by atoms with E-state index in [1.165, 1.54) is 4.90 Å². The van der Waals surface area contributed by atoms with Gasteiger partial charge in [-0.25, -0.2) is 0 Å². The quantitative estimate of drug-likeness (QED) is 0.658. The molecule has 0 spiro atoms. The topological polar surface area (TPSA) is 57.7 Å². The minimum atomic E-state index is -0.794. The zero-order chi connectivity index (χ0) is 23.1. The maximum atomic E-state index is 14.1. The molecule has 1 saturated carbocycles. The van der Waals surface area contributed by atoms with Crippen LogP contribution in [0.1, 0.15) is 51.2 Å². The van der Waals surface area contributed by atoms with Gasteiger partial charge in [-0.3, -0.25) is 19.3 Å². The second kappa shape index (κ2) is 7.88. The fourth-order valence-corrected chi connectivity index (χ4v) is 6.32. The van der Waals surface area contributed by atoms with Crippen molar-refractivity contribution in [1.29, 1.82) is 0 Å². The lowest BCUT2D eigenvalue weighted by molar-refractivity contribution is -0.180. The van der Waals surface area contributed by atoms with Crippen molar-refractivity contribution < 1.29 is 14.4 Å². The molecule has 2 bridgehead atoms. The van der Waals surface area contributed by atoms with Gasteiger partial charge in [-0.1, -0.05) is 81.4 Å². The summed E-state index contributed by atoms with van der Waals surface area (Å²) >= 11 is 0. The molecule has 1 aliphatic carbocycles. The van der Waals surface area contributed by atoms with Gasteiger partial charge in [0.1, 0.15) is 0 Å². The Hall–Kier alpha value is -2.95. The summed E-state index contributed by atoms with van der Waals surface area (Å²) in [5, 5.41) is 0. The van der Waals surface area contributed by atoms with E-state index in [0.29, 0.717) is 32.4 Å². The lowest BCUT2D eigenvalue weighted by atomic mass is 9.51. The van der Waals surface area contributed by atoms with Crippen LogP contribution in [0.2, 0.25) is 0 Å². The van der Waals surface area contributed by atoms with Crippen LogP contribution >= 0.6 is 0 Å². The molecule has 0 radical (unpaired) electrons. The molecule has 1 heterocycles. The number of benzene rings is 2. The molecule has 168 valence electrons. The highest BCUT2D eigenvalue weighted by Crippen LogP contribution is 2.58. The van der Waals surface area contributed by atoms with Crippen molar-refractivity contribution in [2.24, 2.45) is 16.2 Å². The van der Waals surface area contributed by atoms with E-state index in [0.717, 1.165) is 11.1 Å². The Morgan fingerprint density at radius 1 is 0.781 bits per heavy atom. The van der Waals surface area contributed by atoms with Gasteiger partial charge in [-0.2, -0.15) is 0 Å². The maximum absolute atomic E-state index is 14.1. The number of rotatable bonds is 5. The van der Waals surface area contributed by atoms with Crippen LogP contribution in [0.3, 0.4) is 0 Å². The van der Waals surface area contributed by atoms with Gasteiger partial charge < -0.3 is 4.90 Å². The summed E-state index contributed by atoms with van der Waals surface area (Å²) in [6.07, 6.45) is 1.40. The first kappa shape index (κ1) is 22.3. The molecule has 1 saturated heterocycles. The van der Waals surface area contributed by atoms with Crippen LogP contribution < -0.4 is 0 Å². The molecule has 0 N–H and O–H groups in total. The SMILES string of the molecule is CN1C(=O)C2(C)CC(C)(C(=O)N(Cc3ccccc3)Cc3ccccc3)CC(C)(C2)C1=O. The zero-order valence-corrected chi connectivity index (χ0v) is 19.4. The molecule has 2 atom stereocenters. The van der Waals surface area contributed by atoms with Crippen molar-refractivity contribution in [3.05, 3.63) is 71.8 Å². The van der Waals surface area contributed by atoms with Crippen molar-refractivity contribution in [3.63, 3.8) is 0 Å². The second-order valence-corrected chi connectivity index (χ2v) is 10.5. The number of fused-ring (bicyclic) bond motifs is 2. The van der Waals surface area contributed by atoms with E-state index in [9.17, 15) is 14.4 Å². The number of amides is 3. The van der Waals surface area contributed by atoms with Crippen LogP contribution in [-0.4, -0.2) is 34.6 Å². The van der Waals surface area contributed by atoms with Crippen LogP contribution in [0.4, 0.5) is 0 Å². The highest BCUT2D eigenvalue weighted by molar-refractivity contribution is 6.04. The number of piperidine rings is 1. The Morgan fingerprint density at radius 2 is 1.19 bits per heavy atom. The molecule has 2 aliphatic rings. The highest BCUT2D eigenvalue weighted by atomic mass is 16.2. The summed E-state index contributed by atoms with van der Waals surface area (Å²) in [6.45, 7) is 6.75. The van der Waals surface area contributed by atoms with E-state index in [4.69, 9.17) is 0 Å². The summed E-state index contributed by atoms with van der Waals surface area (Å²) in [5.74, 6) is -0.333. The summed E-state index contributed by atoms with van der Waals surface area (Å²) in [6, 6.07) is 19.9. The normalized spacial score (nSPS) is 29.7. The van der Waals surface area contributed by atoms with Gasteiger partial charge in [0.15, 0.2) is 0 Å². The Balaban J connectivity index is 1.69. The summed E-state index contributed by atoms with van der Waals surface area (Å²) < 4.78 is 0. The first-order valence-electron chi connectivity index (χ1n) is 11.3. The third kappa shape index (κ3) is 3.85. The lowest BCUT2D eigenvalue weighted by Gasteiger charge is -2.56. The van der Waals surface area contributed by atoms with Crippen LogP contribution in [0.5, 0.6) is 0 Å².